The highest BCUT2D eigenvalue weighted by atomic mass is 79.9. The highest BCUT2D eigenvalue weighted by Crippen LogP contribution is 2.35. The number of aryl methyl sites for hydroxylation is 2. The molecule has 0 fully saturated rings. The fourth-order valence-corrected chi connectivity index (χ4v) is 3.65. The lowest BCUT2D eigenvalue weighted by Gasteiger charge is -2.14. The summed E-state index contributed by atoms with van der Waals surface area (Å²) in [6, 6.07) is 11.0. The molecule has 0 atom stereocenters. The number of carboxylic acids is 1. The van der Waals surface area contributed by atoms with Crippen LogP contribution in [0.2, 0.25) is 0 Å². The van der Waals surface area contributed by atoms with Gasteiger partial charge in [0.05, 0.1) is 17.0 Å². The van der Waals surface area contributed by atoms with Gasteiger partial charge in [0.25, 0.3) is 0 Å². The molecule has 0 spiro atoms. The van der Waals surface area contributed by atoms with Crippen molar-refractivity contribution in [1.29, 1.82) is 0 Å². The third kappa shape index (κ3) is 3.76. The van der Waals surface area contributed by atoms with E-state index >= 15 is 0 Å². The first kappa shape index (κ1) is 18.5. The van der Waals surface area contributed by atoms with Crippen LogP contribution in [0.3, 0.4) is 0 Å². The Morgan fingerprint density at radius 3 is 2.65 bits per heavy atom. The third-order valence-electron chi connectivity index (χ3n) is 3.75. The molecule has 3 aromatic rings. The standard InChI is InChI=1S/C18H16BrN3O3S/c1-10-3-5-14(11(2)7-10)22-17(13-8-12(19)4-6-15(13)23)20-21-18(22)26-9-16(24)25/h3-8,23H,9H2,1-2H3,(H,24,25). The normalized spacial score (nSPS) is 10.9. The van der Waals surface area contributed by atoms with Crippen LogP contribution in [0.1, 0.15) is 11.1 Å². The first-order valence-corrected chi connectivity index (χ1v) is 9.51. The monoisotopic (exact) mass is 433 g/mol. The molecule has 0 saturated carbocycles. The zero-order valence-corrected chi connectivity index (χ0v) is 16.5. The summed E-state index contributed by atoms with van der Waals surface area (Å²) in [7, 11) is 0. The number of aromatic nitrogens is 3. The molecule has 0 bridgehead atoms. The van der Waals surface area contributed by atoms with Crippen molar-refractivity contribution in [3.63, 3.8) is 0 Å². The number of carbonyl (C=O) groups is 1. The van der Waals surface area contributed by atoms with Gasteiger partial charge in [-0.15, -0.1) is 10.2 Å². The molecule has 1 heterocycles. The van der Waals surface area contributed by atoms with Crippen LogP contribution >= 0.6 is 27.7 Å². The maximum atomic E-state index is 11.0. The molecule has 1 aromatic heterocycles. The summed E-state index contributed by atoms with van der Waals surface area (Å²) in [6.07, 6.45) is 0. The Bertz CT molecular complexity index is 988. The number of phenolic OH excluding ortho intramolecular Hbond substituents is 1. The van der Waals surface area contributed by atoms with Crippen LogP contribution in [-0.4, -0.2) is 36.7 Å². The van der Waals surface area contributed by atoms with Crippen molar-refractivity contribution in [3.8, 4) is 22.8 Å². The molecule has 0 amide bonds. The molecule has 3 rings (SSSR count). The Hall–Kier alpha value is -2.32. The van der Waals surface area contributed by atoms with Gasteiger partial charge in [-0.2, -0.15) is 0 Å². The Balaban J connectivity index is 2.22. The zero-order chi connectivity index (χ0) is 18.8. The van der Waals surface area contributed by atoms with E-state index in [2.05, 4.69) is 26.1 Å². The number of benzene rings is 2. The summed E-state index contributed by atoms with van der Waals surface area (Å²) in [5, 5.41) is 28.1. The molecule has 0 aliphatic rings. The van der Waals surface area contributed by atoms with Crippen molar-refractivity contribution in [1.82, 2.24) is 14.8 Å². The molecule has 0 radical (unpaired) electrons. The van der Waals surface area contributed by atoms with Gasteiger partial charge in [0.1, 0.15) is 5.75 Å². The molecule has 26 heavy (non-hydrogen) atoms. The van der Waals surface area contributed by atoms with E-state index in [4.69, 9.17) is 5.11 Å². The largest absolute Gasteiger partial charge is 0.507 e. The van der Waals surface area contributed by atoms with Gasteiger partial charge in [-0.25, -0.2) is 0 Å². The SMILES string of the molecule is Cc1ccc(-n2c(SCC(=O)O)nnc2-c2cc(Br)ccc2O)c(C)c1. The van der Waals surface area contributed by atoms with Crippen LogP contribution in [0.25, 0.3) is 17.1 Å². The van der Waals surface area contributed by atoms with Gasteiger partial charge in [0.2, 0.25) is 0 Å². The number of rotatable bonds is 5. The van der Waals surface area contributed by atoms with Gasteiger partial charge in [0.15, 0.2) is 11.0 Å². The second kappa shape index (κ2) is 7.51. The van der Waals surface area contributed by atoms with E-state index < -0.39 is 5.97 Å². The molecular weight excluding hydrogens is 418 g/mol. The van der Waals surface area contributed by atoms with Gasteiger partial charge >= 0.3 is 5.97 Å². The van der Waals surface area contributed by atoms with E-state index in [0.29, 0.717) is 16.5 Å². The summed E-state index contributed by atoms with van der Waals surface area (Å²) in [5.41, 5.74) is 3.46. The average Bonchev–Trinajstić information content (AvgIpc) is 2.98. The first-order valence-electron chi connectivity index (χ1n) is 7.73. The first-order chi connectivity index (χ1) is 12.4. The molecule has 0 saturated heterocycles. The molecular formula is C18H16BrN3O3S. The summed E-state index contributed by atoms with van der Waals surface area (Å²) >= 11 is 4.49. The Morgan fingerprint density at radius 2 is 1.96 bits per heavy atom. The Morgan fingerprint density at radius 1 is 1.19 bits per heavy atom. The quantitative estimate of drug-likeness (QED) is 0.586. The lowest BCUT2D eigenvalue weighted by molar-refractivity contribution is -0.133. The average molecular weight is 434 g/mol. The van der Waals surface area contributed by atoms with Crippen LogP contribution in [0.15, 0.2) is 46.0 Å². The molecule has 8 heteroatoms. The van der Waals surface area contributed by atoms with Crippen LogP contribution in [-0.2, 0) is 4.79 Å². The van der Waals surface area contributed by atoms with Crippen molar-refractivity contribution in [2.24, 2.45) is 0 Å². The number of phenols is 1. The van der Waals surface area contributed by atoms with Crippen LogP contribution < -0.4 is 0 Å². The number of nitrogens with zero attached hydrogens (tertiary/aromatic N) is 3. The molecule has 0 unspecified atom stereocenters. The van der Waals surface area contributed by atoms with Crippen molar-refractivity contribution < 1.29 is 15.0 Å². The fraction of sp³-hybridized carbons (Fsp3) is 0.167. The number of carboxylic acid groups (broad SMARTS) is 1. The highest BCUT2D eigenvalue weighted by molar-refractivity contribution is 9.10. The maximum absolute atomic E-state index is 11.0. The summed E-state index contributed by atoms with van der Waals surface area (Å²) < 4.78 is 2.57. The van der Waals surface area contributed by atoms with E-state index in [-0.39, 0.29) is 11.5 Å². The molecule has 0 aliphatic carbocycles. The predicted octanol–water partition coefficient (Wildman–Crippen LogP) is 4.20. The second-order valence-electron chi connectivity index (χ2n) is 5.78. The number of thioether (sulfide) groups is 1. The lowest BCUT2D eigenvalue weighted by Crippen LogP contribution is -2.05. The number of halogens is 1. The van der Waals surface area contributed by atoms with Gasteiger partial charge in [-0.3, -0.25) is 9.36 Å². The van der Waals surface area contributed by atoms with E-state index in [1.54, 1.807) is 22.8 Å². The number of aromatic hydroxyl groups is 1. The second-order valence-corrected chi connectivity index (χ2v) is 7.63. The Labute approximate surface area is 163 Å². The predicted molar refractivity (Wildman–Crippen MR) is 104 cm³/mol. The third-order valence-corrected chi connectivity index (χ3v) is 5.16. The summed E-state index contributed by atoms with van der Waals surface area (Å²) in [4.78, 5) is 11.0. The van der Waals surface area contributed by atoms with E-state index in [1.165, 1.54) is 0 Å². The smallest absolute Gasteiger partial charge is 0.313 e. The topological polar surface area (TPSA) is 88.2 Å². The van der Waals surface area contributed by atoms with Crippen LogP contribution in [0.5, 0.6) is 5.75 Å². The summed E-state index contributed by atoms with van der Waals surface area (Å²) in [6.45, 7) is 3.97. The van der Waals surface area contributed by atoms with Gasteiger partial charge in [-0.05, 0) is 43.7 Å². The molecule has 134 valence electrons. The minimum atomic E-state index is -0.933. The van der Waals surface area contributed by atoms with Crippen LogP contribution in [0.4, 0.5) is 0 Å². The number of hydrogen-bond donors (Lipinski definition) is 2. The van der Waals surface area contributed by atoms with Crippen molar-refractivity contribution in [2.45, 2.75) is 19.0 Å². The summed E-state index contributed by atoms with van der Waals surface area (Å²) in [5.74, 6) is -0.546. The highest BCUT2D eigenvalue weighted by Gasteiger charge is 2.20. The molecule has 2 N–H and O–H groups in total. The zero-order valence-electron chi connectivity index (χ0n) is 14.1. The van der Waals surface area contributed by atoms with E-state index in [1.807, 2.05) is 32.0 Å². The maximum Gasteiger partial charge on any atom is 0.313 e. The van der Waals surface area contributed by atoms with Crippen LogP contribution in [0, 0.1) is 13.8 Å². The lowest BCUT2D eigenvalue weighted by atomic mass is 10.1. The molecule has 2 aromatic carbocycles. The van der Waals surface area contributed by atoms with Gasteiger partial charge in [-0.1, -0.05) is 45.4 Å². The van der Waals surface area contributed by atoms with Crippen molar-refractivity contribution >= 4 is 33.7 Å². The number of hydrogen-bond acceptors (Lipinski definition) is 5. The fourth-order valence-electron chi connectivity index (χ4n) is 2.62. The van der Waals surface area contributed by atoms with E-state index in [0.717, 1.165) is 33.0 Å². The van der Waals surface area contributed by atoms with Gasteiger partial charge in [0, 0.05) is 4.47 Å². The number of aliphatic carboxylic acids is 1. The minimum Gasteiger partial charge on any atom is -0.507 e. The molecule has 6 nitrogen and oxygen atoms in total. The van der Waals surface area contributed by atoms with Gasteiger partial charge < -0.3 is 10.2 Å². The van der Waals surface area contributed by atoms with E-state index in [9.17, 15) is 9.90 Å². The minimum absolute atomic E-state index is 0.0707. The Kier molecular flexibility index (Phi) is 5.33. The molecule has 0 aliphatic heterocycles. The van der Waals surface area contributed by atoms with Crippen molar-refractivity contribution in [2.75, 3.05) is 5.75 Å². The van der Waals surface area contributed by atoms with Crippen molar-refractivity contribution in [3.05, 3.63) is 52.0 Å².